The van der Waals surface area contributed by atoms with Crippen molar-refractivity contribution in [2.45, 2.75) is 20.0 Å². The van der Waals surface area contributed by atoms with E-state index in [1.54, 1.807) is 7.11 Å². The molecular formula is C26H24ClN3O2. The lowest BCUT2D eigenvalue weighted by molar-refractivity contribution is 0.0942. The molecule has 0 saturated carbocycles. The predicted molar refractivity (Wildman–Crippen MR) is 128 cm³/mol. The van der Waals surface area contributed by atoms with Crippen LogP contribution in [0.15, 0.2) is 78.9 Å². The lowest BCUT2D eigenvalue weighted by Gasteiger charge is -2.12. The first kappa shape index (κ1) is 21.7. The highest BCUT2D eigenvalue weighted by Crippen LogP contribution is 2.31. The quantitative estimate of drug-likeness (QED) is 0.389. The van der Waals surface area contributed by atoms with Crippen LogP contribution in [-0.2, 0) is 13.1 Å². The van der Waals surface area contributed by atoms with Crippen molar-refractivity contribution < 1.29 is 9.53 Å². The number of methoxy groups -OCH3 is 1. The number of ether oxygens (including phenoxy) is 1. The number of hydrogen-bond acceptors (Lipinski definition) is 3. The van der Waals surface area contributed by atoms with Crippen LogP contribution in [0.1, 0.15) is 23.0 Å². The Morgan fingerprint density at radius 1 is 1.00 bits per heavy atom. The zero-order valence-electron chi connectivity index (χ0n) is 18.0. The summed E-state index contributed by atoms with van der Waals surface area (Å²) >= 11 is 6.25. The Morgan fingerprint density at radius 2 is 1.75 bits per heavy atom. The van der Waals surface area contributed by atoms with Gasteiger partial charge >= 0.3 is 0 Å². The van der Waals surface area contributed by atoms with Gasteiger partial charge in [-0.3, -0.25) is 4.79 Å². The molecule has 5 nitrogen and oxygen atoms in total. The Balaban J connectivity index is 1.76. The van der Waals surface area contributed by atoms with Crippen molar-refractivity contribution in [3.63, 3.8) is 0 Å². The number of amides is 1. The van der Waals surface area contributed by atoms with Crippen LogP contribution < -0.4 is 10.1 Å². The second-order valence-corrected chi connectivity index (χ2v) is 7.72. The summed E-state index contributed by atoms with van der Waals surface area (Å²) in [5, 5.41) is 3.64. The number of carbonyl (C=O) groups is 1. The Labute approximate surface area is 192 Å². The van der Waals surface area contributed by atoms with Gasteiger partial charge in [-0.15, -0.1) is 0 Å². The van der Waals surface area contributed by atoms with E-state index in [1.165, 1.54) is 0 Å². The number of hydrogen-bond donors (Lipinski definition) is 1. The van der Waals surface area contributed by atoms with E-state index in [1.807, 2.05) is 90.4 Å². The number of benzene rings is 3. The Bertz CT molecular complexity index is 1240. The minimum atomic E-state index is -0.195. The zero-order valence-corrected chi connectivity index (χ0v) is 18.8. The van der Waals surface area contributed by atoms with Crippen LogP contribution in [-0.4, -0.2) is 22.6 Å². The number of rotatable bonds is 7. The fraction of sp³-hybridized carbons (Fsp3) is 0.154. The van der Waals surface area contributed by atoms with Gasteiger partial charge in [-0.1, -0.05) is 66.2 Å². The van der Waals surface area contributed by atoms with E-state index in [-0.39, 0.29) is 5.91 Å². The van der Waals surface area contributed by atoms with E-state index in [0.29, 0.717) is 29.5 Å². The van der Waals surface area contributed by atoms with Gasteiger partial charge in [0, 0.05) is 29.2 Å². The Kier molecular flexibility index (Phi) is 6.57. The van der Waals surface area contributed by atoms with Gasteiger partial charge in [-0.25, -0.2) is 4.98 Å². The first-order valence-electron chi connectivity index (χ1n) is 10.4. The molecule has 0 spiro atoms. The van der Waals surface area contributed by atoms with Crippen molar-refractivity contribution in [2.24, 2.45) is 0 Å². The predicted octanol–water partition coefficient (Wildman–Crippen LogP) is 5.83. The van der Waals surface area contributed by atoms with Gasteiger partial charge in [0.15, 0.2) is 0 Å². The third-order valence-electron chi connectivity index (χ3n) is 5.22. The molecule has 0 atom stereocenters. The minimum absolute atomic E-state index is 0.195. The summed E-state index contributed by atoms with van der Waals surface area (Å²) in [6.45, 7) is 2.98. The van der Waals surface area contributed by atoms with Crippen LogP contribution in [0.3, 0.4) is 0 Å². The molecule has 0 aliphatic carbocycles. The molecule has 4 rings (SSSR count). The van der Waals surface area contributed by atoms with Crippen LogP contribution in [0.25, 0.3) is 22.6 Å². The van der Waals surface area contributed by atoms with Crippen molar-refractivity contribution in [3.05, 3.63) is 95.1 Å². The summed E-state index contributed by atoms with van der Waals surface area (Å²) in [5.74, 6) is 1.30. The van der Waals surface area contributed by atoms with Crippen molar-refractivity contribution in [2.75, 3.05) is 7.11 Å². The molecule has 0 aliphatic rings. The molecule has 162 valence electrons. The van der Waals surface area contributed by atoms with Crippen molar-refractivity contribution in [1.82, 2.24) is 14.9 Å². The first-order chi connectivity index (χ1) is 15.6. The summed E-state index contributed by atoms with van der Waals surface area (Å²) < 4.78 is 7.23. The molecule has 0 saturated heterocycles. The minimum Gasteiger partial charge on any atom is -0.497 e. The van der Waals surface area contributed by atoms with Gasteiger partial charge in [0.05, 0.1) is 7.11 Å². The van der Waals surface area contributed by atoms with Gasteiger partial charge in [-0.2, -0.15) is 0 Å². The molecule has 1 heterocycles. The molecule has 0 fully saturated rings. The molecule has 6 heteroatoms. The first-order valence-corrected chi connectivity index (χ1v) is 10.8. The molecule has 1 aromatic heterocycles. The second-order valence-electron chi connectivity index (χ2n) is 7.29. The second kappa shape index (κ2) is 9.71. The molecule has 32 heavy (non-hydrogen) atoms. The molecule has 1 amide bonds. The van der Waals surface area contributed by atoms with Crippen LogP contribution in [0.4, 0.5) is 0 Å². The molecular weight excluding hydrogens is 422 g/mol. The molecule has 0 aliphatic heterocycles. The van der Waals surface area contributed by atoms with E-state index in [2.05, 4.69) is 5.32 Å². The summed E-state index contributed by atoms with van der Waals surface area (Å²) in [6.07, 6.45) is 0. The Morgan fingerprint density at radius 3 is 2.47 bits per heavy atom. The number of imidazole rings is 1. The summed E-state index contributed by atoms with van der Waals surface area (Å²) in [7, 11) is 1.62. The molecule has 0 unspecified atom stereocenters. The van der Waals surface area contributed by atoms with Gasteiger partial charge < -0.3 is 14.6 Å². The van der Waals surface area contributed by atoms with Crippen LogP contribution in [0.2, 0.25) is 5.02 Å². The summed E-state index contributed by atoms with van der Waals surface area (Å²) in [4.78, 5) is 18.3. The van der Waals surface area contributed by atoms with Crippen molar-refractivity contribution >= 4 is 17.5 Å². The molecule has 3 aromatic carbocycles. The molecule has 1 N–H and O–H groups in total. The summed E-state index contributed by atoms with van der Waals surface area (Å²) in [6, 6.07) is 24.9. The van der Waals surface area contributed by atoms with Crippen LogP contribution >= 0.6 is 11.6 Å². The normalized spacial score (nSPS) is 10.7. The number of carbonyl (C=O) groups excluding carboxylic acids is 1. The van der Waals surface area contributed by atoms with E-state index in [4.69, 9.17) is 21.3 Å². The fourth-order valence-electron chi connectivity index (χ4n) is 3.68. The highest BCUT2D eigenvalue weighted by atomic mass is 35.5. The number of nitrogens with one attached hydrogen (secondary N) is 1. The lowest BCUT2D eigenvalue weighted by Crippen LogP contribution is -2.26. The molecule has 0 bridgehead atoms. The van der Waals surface area contributed by atoms with Gasteiger partial charge in [0.1, 0.15) is 23.0 Å². The van der Waals surface area contributed by atoms with E-state index >= 15 is 0 Å². The van der Waals surface area contributed by atoms with Gasteiger partial charge in [0.2, 0.25) is 0 Å². The average molecular weight is 446 g/mol. The molecule has 4 aromatic rings. The van der Waals surface area contributed by atoms with E-state index in [0.717, 1.165) is 28.3 Å². The fourth-order valence-corrected chi connectivity index (χ4v) is 3.87. The highest BCUT2D eigenvalue weighted by molar-refractivity contribution is 6.30. The third kappa shape index (κ3) is 4.53. The number of halogens is 1. The van der Waals surface area contributed by atoms with Gasteiger partial charge in [-0.05, 0) is 36.8 Å². The standard InChI is InChI=1S/C26H24ClN3O2/c1-3-30-24(26(31)28-17-18-9-7-14-22(15-18)32-2)23(20-12-8-13-21(27)16-20)29-25(30)19-10-5-4-6-11-19/h4-16H,3,17H2,1-2H3,(H,28,31). The number of aromatic nitrogens is 2. The topological polar surface area (TPSA) is 56.2 Å². The zero-order chi connectivity index (χ0) is 22.5. The summed E-state index contributed by atoms with van der Waals surface area (Å²) in [5.41, 5.74) is 3.82. The van der Waals surface area contributed by atoms with Gasteiger partial charge in [0.25, 0.3) is 5.91 Å². The maximum atomic E-state index is 13.4. The maximum absolute atomic E-state index is 13.4. The monoisotopic (exact) mass is 445 g/mol. The average Bonchev–Trinajstić information content (AvgIpc) is 3.23. The van der Waals surface area contributed by atoms with Crippen molar-refractivity contribution in [3.8, 4) is 28.4 Å². The van der Waals surface area contributed by atoms with Crippen molar-refractivity contribution in [1.29, 1.82) is 0 Å². The van der Waals surface area contributed by atoms with E-state index < -0.39 is 0 Å². The highest BCUT2D eigenvalue weighted by Gasteiger charge is 2.24. The smallest absolute Gasteiger partial charge is 0.270 e. The SMILES string of the molecule is CCn1c(-c2ccccc2)nc(-c2cccc(Cl)c2)c1C(=O)NCc1cccc(OC)c1. The van der Waals surface area contributed by atoms with Crippen LogP contribution in [0, 0.1) is 0 Å². The largest absolute Gasteiger partial charge is 0.497 e. The van der Waals surface area contributed by atoms with Crippen LogP contribution in [0.5, 0.6) is 5.75 Å². The lowest BCUT2D eigenvalue weighted by atomic mass is 10.1. The molecule has 0 radical (unpaired) electrons. The van der Waals surface area contributed by atoms with E-state index in [9.17, 15) is 4.79 Å². The third-order valence-corrected chi connectivity index (χ3v) is 5.45. The Hall–Kier alpha value is -3.57. The maximum Gasteiger partial charge on any atom is 0.270 e. The number of nitrogens with zero attached hydrogens (tertiary/aromatic N) is 2.